The highest BCUT2D eigenvalue weighted by Crippen LogP contribution is 2.52. The van der Waals surface area contributed by atoms with Crippen LogP contribution in [-0.2, 0) is 35.5 Å². The Morgan fingerprint density at radius 1 is 1.05 bits per heavy atom. The van der Waals surface area contributed by atoms with Crippen molar-refractivity contribution in [1.82, 2.24) is 5.32 Å². The Labute approximate surface area is 233 Å². The summed E-state index contributed by atoms with van der Waals surface area (Å²) in [7, 11) is 0. The Morgan fingerprint density at radius 2 is 1.75 bits per heavy atom. The van der Waals surface area contributed by atoms with Crippen LogP contribution in [-0.4, -0.2) is 43.4 Å². The van der Waals surface area contributed by atoms with Gasteiger partial charge in [-0.05, 0) is 74.3 Å². The fraction of sp³-hybridized carbons (Fsp3) is 0.406. The molecular weight excluding hydrogens is 510 g/mol. The first-order valence-electron chi connectivity index (χ1n) is 13.8. The molecule has 5 rings (SSSR count). The number of aliphatic hydroxyl groups excluding tert-OH is 1. The highest BCUT2D eigenvalue weighted by molar-refractivity contribution is 6.25. The number of carbonyl (C=O) groups is 3. The van der Waals surface area contributed by atoms with Gasteiger partial charge in [0, 0.05) is 30.1 Å². The fourth-order valence-corrected chi connectivity index (χ4v) is 6.81. The van der Waals surface area contributed by atoms with Crippen LogP contribution in [0.2, 0.25) is 0 Å². The standard InChI is InChI=1S/C32H35NO7/c1-4-5-19-11-21(15-33-14-18-6-8-23(35)9-7-18)28(36)27-24(19)13-20-12-22-10-16(2)25(17(3)34)30(38)32(22,40)31(39)26(20)29(27)37/h6-9,11,20,22,33,35-36,39-40H,4-5,10,12-15H2,1-3H3/t20-,22-,32-/m1/s1. The van der Waals surface area contributed by atoms with Gasteiger partial charge in [-0.2, -0.15) is 0 Å². The summed E-state index contributed by atoms with van der Waals surface area (Å²) in [6.07, 6.45) is 2.50. The number of phenolic OH excluding ortho intramolecular Hbond substituents is 2. The van der Waals surface area contributed by atoms with E-state index < -0.39 is 40.5 Å². The third-order valence-corrected chi connectivity index (χ3v) is 8.69. The predicted octanol–water partition coefficient (Wildman–Crippen LogP) is 4.14. The van der Waals surface area contributed by atoms with Gasteiger partial charge >= 0.3 is 0 Å². The summed E-state index contributed by atoms with van der Waals surface area (Å²) < 4.78 is 0. The van der Waals surface area contributed by atoms with Gasteiger partial charge in [-0.25, -0.2) is 0 Å². The van der Waals surface area contributed by atoms with Crippen LogP contribution in [0.3, 0.4) is 0 Å². The number of hydrogen-bond donors (Lipinski definition) is 5. The topological polar surface area (TPSA) is 144 Å². The zero-order valence-corrected chi connectivity index (χ0v) is 23.0. The Hall–Kier alpha value is -3.75. The van der Waals surface area contributed by atoms with Crippen molar-refractivity contribution in [3.05, 3.63) is 80.6 Å². The molecule has 3 aliphatic rings. The Morgan fingerprint density at radius 3 is 2.40 bits per heavy atom. The van der Waals surface area contributed by atoms with Crippen molar-refractivity contribution in [2.75, 3.05) is 0 Å². The molecule has 8 nitrogen and oxygen atoms in total. The summed E-state index contributed by atoms with van der Waals surface area (Å²) in [6.45, 7) is 5.74. The molecule has 3 atom stereocenters. The number of aromatic hydroxyl groups is 2. The predicted molar refractivity (Wildman–Crippen MR) is 148 cm³/mol. The maximum Gasteiger partial charge on any atom is 0.205 e. The summed E-state index contributed by atoms with van der Waals surface area (Å²) in [5.41, 5.74) is 1.35. The monoisotopic (exact) mass is 545 g/mol. The van der Waals surface area contributed by atoms with E-state index in [1.165, 1.54) is 6.92 Å². The van der Waals surface area contributed by atoms with Crippen molar-refractivity contribution in [2.24, 2.45) is 11.8 Å². The number of Topliss-reactive ketones (excluding diaryl/α,β-unsaturated/α-hetero) is 3. The molecule has 0 bridgehead atoms. The molecule has 3 aliphatic carbocycles. The summed E-state index contributed by atoms with van der Waals surface area (Å²) >= 11 is 0. The van der Waals surface area contributed by atoms with Gasteiger partial charge in [0.05, 0.1) is 11.1 Å². The van der Waals surface area contributed by atoms with Crippen LogP contribution in [0.25, 0.3) is 0 Å². The number of rotatable bonds is 7. The molecule has 5 N–H and O–H groups in total. The van der Waals surface area contributed by atoms with Crippen molar-refractivity contribution in [3.63, 3.8) is 0 Å². The average molecular weight is 546 g/mol. The van der Waals surface area contributed by atoms with Gasteiger partial charge in [-0.3, -0.25) is 14.4 Å². The molecule has 0 saturated carbocycles. The Bertz CT molecular complexity index is 1480. The van der Waals surface area contributed by atoms with E-state index in [0.717, 1.165) is 23.1 Å². The molecule has 0 heterocycles. The second-order valence-electron chi connectivity index (χ2n) is 11.4. The Balaban J connectivity index is 1.54. The quantitative estimate of drug-likeness (QED) is 0.327. The minimum Gasteiger partial charge on any atom is -0.508 e. The molecule has 40 heavy (non-hydrogen) atoms. The number of aryl methyl sites for hydroxylation is 1. The summed E-state index contributed by atoms with van der Waals surface area (Å²) in [4.78, 5) is 39.6. The average Bonchev–Trinajstić information content (AvgIpc) is 2.89. The normalized spacial score (nSPS) is 24.1. The number of hydrogen-bond acceptors (Lipinski definition) is 8. The summed E-state index contributed by atoms with van der Waals surface area (Å²) in [5, 5.41) is 47.1. The molecule has 0 fully saturated rings. The van der Waals surface area contributed by atoms with Crippen LogP contribution in [0.4, 0.5) is 0 Å². The highest BCUT2D eigenvalue weighted by Gasteiger charge is 2.58. The van der Waals surface area contributed by atoms with Crippen LogP contribution in [0.15, 0.2) is 52.8 Å². The zero-order chi connectivity index (χ0) is 28.9. The fourth-order valence-electron chi connectivity index (χ4n) is 6.81. The van der Waals surface area contributed by atoms with Crippen molar-refractivity contribution in [2.45, 2.75) is 71.6 Å². The van der Waals surface area contributed by atoms with Crippen LogP contribution in [0, 0.1) is 11.8 Å². The third-order valence-electron chi connectivity index (χ3n) is 8.69. The minimum atomic E-state index is -2.34. The maximum absolute atomic E-state index is 14.0. The summed E-state index contributed by atoms with van der Waals surface area (Å²) in [6, 6.07) is 8.70. The van der Waals surface area contributed by atoms with Gasteiger partial charge in [0.1, 0.15) is 17.3 Å². The first-order chi connectivity index (χ1) is 19.0. The van der Waals surface area contributed by atoms with E-state index in [9.17, 15) is 34.8 Å². The number of phenols is 2. The van der Waals surface area contributed by atoms with Crippen molar-refractivity contribution < 1.29 is 34.8 Å². The molecule has 0 saturated heterocycles. The van der Waals surface area contributed by atoms with Crippen LogP contribution < -0.4 is 5.32 Å². The number of ketones is 3. The first-order valence-corrected chi connectivity index (χ1v) is 13.8. The van der Waals surface area contributed by atoms with Gasteiger partial charge in [0.2, 0.25) is 5.78 Å². The van der Waals surface area contributed by atoms with E-state index in [4.69, 9.17) is 0 Å². The number of carbonyl (C=O) groups excluding carboxylic acids is 3. The number of aliphatic hydroxyl groups is 2. The van der Waals surface area contributed by atoms with Crippen LogP contribution in [0.5, 0.6) is 11.5 Å². The summed E-state index contributed by atoms with van der Waals surface area (Å²) in [5.74, 6) is -3.70. The van der Waals surface area contributed by atoms with Crippen LogP contribution >= 0.6 is 0 Å². The van der Waals surface area contributed by atoms with Crippen molar-refractivity contribution in [3.8, 4) is 11.5 Å². The minimum absolute atomic E-state index is 0.0472. The second-order valence-corrected chi connectivity index (χ2v) is 11.4. The molecule has 0 unspecified atom stereocenters. The molecule has 210 valence electrons. The molecule has 0 aliphatic heterocycles. The number of fused-ring (bicyclic) bond motifs is 3. The molecule has 8 heteroatoms. The Kier molecular flexibility index (Phi) is 7.18. The second kappa shape index (κ2) is 10.3. The van der Waals surface area contributed by atoms with E-state index in [1.807, 2.05) is 13.0 Å². The highest BCUT2D eigenvalue weighted by atomic mass is 16.3. The lowest BCUT2D eigenvalue weighted by Crippen LogP contribution is -2.56. The SMILES string of the molecule is CCCc1cc(CNCc2ccc(O)cc2)c(O)c2c1C[C@H]1C[C@H]3CC(C)=C(C(C)=O)C(=O)[C@@]3(O)C(O)=C1C2=O. The van der Waals surface area contributed by atoms with Crippen LogP contribution in [0.1, 0.15) is 72.6 Å². The van der Waals surface area contributed by atoms with E-state index in [-0.39, 0.29) is 41.2 Å². The molecule has 2 aromatic rings. The van der Waals surface area contributed by atoms with Gasteiger partial charge < -0.3 is 25.7 Å². The lowest BCUT2D eigenvalue weighted by atomic mass is 9.59. The third kappa shape index (κ3) is 4.35. The molecular formula is C32H35NO7. The van der Waals surface area contributed by atoms with Gasteiger partial charge in [-0.15, -0.1) is 0 Å². The smallest absolute Gasteiger partial charge is 0.205 e. The van der Waals surface area contributed by atoms with Gasteiger partial charge in [0.15, 0.2) is 17.2 Å². The largest absolute Gasteiger partial charge is 0.508 e. The molecule has 0 radical (unpaired) electrons. The number of allylic oxidation sites excluding steroid dienone is 2. The van der Waals surface area contributed by atoms with E-state index >= 15 is 0 Å². The molecule has 0 aromatic heterocycles. The van der Waals surface area contributed by atoms with Crippen molar-refractivity contribution in [1.29, 1.82) is 0 Å². The van der Waals surface area contributed by atoms with Crippen molar-refractivity contribution >= 4 is 17.3 Å². The van der Waals surface area contributed by atoms with Gasteiger partial charge in [0.25, 0.3) is 0 Å². The number of benzene rings is 2. The van der Waals surface area contributed by atoms with E-state index in [0.29, 0.717) is 36.9 Å². The first kappa shape index (κ1) is 27.8. The lowest BCUT2D eigenvalue weighted by molar-refractivity contribution is -0.143. The van der Waals surface area contributed by atoms with E-state index in [2.05, 4.69) is 5.32 Å². The van der Waals surface area contributed by atoms with Gasteiger partial charge in [-0.1, -0.05) is 37.1 Å². The molecule has 2 aromatic carbocycles. The molecule has 0 spiro atoms. The van der Waals surface area contributed by atoms with E-state index in [1.54, 1.807) is 31.2 Å². The zero-order valence-electron chi connectivity index (χ0n) is 23.0. The lowest BCUT2D eigenvalue weighted by Gasteiger charge is -2.46. The number of nitrogens with one attached hydrogen (secondary N) is 1. The molecule has 0 amide bonds. The maximum atomic E-state index is 14.0.